The molecule has 0 bridgehead atoms. The second-order valence-corrected chi connectivity index (χ2v) is 7.76. The van der Waals surface area contributed by atoms with E-state index in [0.717, 1.165) is 4.47 Å². The number of hydrogen-bond acceptors (Lipinski definition) is 2. The summed E-state index contributed by atoms with van der Waals surface area (Å²) in [4.78, 5) is 2.88. The van der Waals surface area contributed by atoms with Crippen LogP contribution in [0.5, 0.6) is 0 Å². The van der Waals surface area contributed by atoms with Crippen LogP contribution in [0.1, 0.15) is 50.9 Å². The van der Waals surface area contributed by atoms with Crippen molar-refractivity contribution in [3.05, 3.63) is 54.7 Å². The maximum atomic E-state index is 6.54. The maximum absolute atomic E-state index is 6.54. The number of benzene rings is 1. The summed E-state index contributed by atoms with van der Waals surface area (Å²) in [6.07, 6.45) is 5.13. The summed E-state index contributed by atoms with van der Waals surface area (Å²) in [6, 6.07) is 6.76. The van der Waals surface area contributed by atoms with Crippen LogP contribution in [-0.2, 0) is 12.8 Å². The van der Waals surface area contributed by atoms with Gasteiger partial charge in [0.1, 0.15) is 0 Å². The van der Waals surface area contributed by atoms with Gasteiger partial charge in [0.2, 0.25) is 0 Å². The Kier molecular flexibility index (Phi) is 4.02. The zero-order valence-corrected chi connectivity index (χ0v) is 14.4. The third-order valence-corrected chi connectivity index (χ3v) is 6.38. The lowest BCUT2D eigenvalue weighted by atomic mass is 9.96. The monoisotopic (exact) mass is 349 g/mol. The van der Waals surface area contributed by atoms with E-state index in [1.807, 2.05) is 11.3 Å². The third-order valence-electron chi connectivity index (χ3n) is 4.20. The van der Waals surface area contributed by atoms with Gasteiger partial charge >= 0.3 is 0 Å². The van der Waals surface area contributed by atoms with Gasteiger partial charge in [-0.2, -0.15) is 0 Å². The van der Waals surface area contributed by atoms with Crippen molar-refractivity contribution in [3.63, 3.8) is 0 Å². The van der Waals surface area contributed by atoms with Gasteiger partial charge in [-0.25, -0.2) is 0 Å². The van der Waals surface area contributed by atoms with Gasteiger partial charge in [-0.15, -0.1) is 11.3 Å². The molecule has 1 aromatic carbocycles. The molecule has 1 atom stereocenters. The van der Waals surface area contributed by atoms with E-state index in [2.05, 4.69) is 48.0 Å². The molecular weight excluding hydrogens is 330 g/mol. The lowest BCUT2D eigenvalue weighted by Crippen LogP contribution is -2.12. The Bertz CT molecular complexity index is 621. The average molecular weight is 350 g/mol. The fourth-order valence-electron chi connectivity index (χ4n) is 2.96. The van der Waals surface area contributed by atoms with Gasteiger partial charge in [0.15, 0.2) is 0 Å². The molecule has 1 aliphatic carbocycles. The van der Waals surface area contributed by atoms with Crippen molar-refractivity contribution in [1.82, 2.24) is 0 Å². The molecule has 0 radical (unpaired) electrons. The number of nitrogens with two attached hydrogens (primary N) is 1. The summed E-state index contributed by atoms with van der Waals surface area (Å²) < 4.78 is 1.16. The number of fused-ring (bicyclic) bond motifs is 1. The van der Waals surface area contributed by atoms with E-state index in [4.69, 9.17) is 5.73 Å². The SMILES string of the molecule is Cc1cc(C(N)c2cc3c(s2)CCCC3)c(C)cc1Br. The van der Waals surface area contributed by atoms with Crippen molar-refractivity contribution in [2.24, 2.45) is 5.73 Å². The van der Waals surface area contributed by atoms with Crippen LogP contribution in [0.2, 0.25) is 0 Å². The second-order valence-electron chi connectivity index (χ2n) is 5.74. The molecule has 1 nitrogen and oxygen atoms in total. The molecule has 1 unspecified atom stereocenters. The molecule has 0 amide bonds. The van der Waals surface area contributed by atoms with E-state index >= 15 is 0 Å². The minimum Gasteiger partial charge on any atom is -0.320 e. The summed E-state index contributed by atoms with van der Waals surface area (Å²) in [7, 11) is 0. The molecule has 0 fully saturated rings. The predicted octanol–water partition coefficient (Wildman–Crippen LogP) is 5.05. The van der Waals surface area contributed by atoms with E-state index in [1.165, 1.54) is 52.8 Å². The van der Waals surface area contributed by atoms with Gasteiger partial charge in [-0.3, -0.25) is 0 Å². The first kappa shape index (κ1) is 14.3. The van der Waals surface area contributed by atoms with Crippen LogP contribution in [-0.4, -0.2) is 0 Å². The molecular formula is C17H20BrNS. The van der Waals surface area contributed by atoms with E-state index in [1.54, 1.807) is 4.88 Å². The Hall–Kier alpha value is -0.640. The Balaban J connectivity index is 1.98. The molecule has 106 valence electrons. The second kappa shape index (κ2) is 5.63. The van der Waals surface area contributed by atoms with E-state index < -0.39 is 0 Å². The highest BCUT2D eigenvalue weighted by atomic mass is 79.9. The number of thiophene rings is 1. The van der Waals surface area contributed by atoms with E-state index in [-0.39, 0.29) is 6.04 Å². The van der Waals surface area contributed by atoms with E-state index in [9.17, 15) is 0 Å². The van der Waals surface area contributed by atoms with Gasteiger partial charge in [-0.05, 0) is 73.9 Å². The van der Waals surface area contributed by atoms with Gasteiger partial charge in [0, 0.05) is 14.2 Å². The topological polar surface area (TPSA) is 26.0 Å². The first-order valence-electron chi connectivity index (χ1n) is 7.20. The zero-order valence-electron chi connectivity index (χ0n) is 12.0. The minimum atomic E-state index is 0.0115. The normalized spacial score (nSPS) is 16.0. The maximum Gasteiger partial charge on any atom is 0.0648 e. The Labute approximate surface area is 133 Å². The molecule has 1 aliphatic rings. The molecule has 0 aliphatic heterocycles. The highest BCUT2D eigenvalue weighted by Crippen LogP contribution is 2.36. The van der Waals surface area contributed by atoms with Crippen LogP contribution in [0, 0.1) is 13.8 Å². The minimum absolute atomic E-state index is 0.0115. The molecule has 2 aromatic rings. The van der Waals surface area contributed by atoms with Crippen molar-refractivity contribution < 1.29 is 0 Å². The standard InChI is InChI=1S/C17H20BrNS/c1-10-8-14(18)11(2)7-13(10)17(19)16-9-12-5-3-4-6-15(12)20-16/h7-9,17H,3-6,19H2,1-2H3. The molecule has 2 N–H and O–H groups in total. The first-order chi connectivity index (χ1) is 9.56. The smallest absolute Gasteiger partial charge is 0.0648 e. The summed E-state index contributed by atoms with van der Waals surface area (Å²) in [5, 5.41) is 0. The number of hydrogen-bond donors (Lipinski definition) is 1. The number of aryl methyl sites for hydroxylation is 4. The summed E-state index contributed by atoms with van der Waals surface area (Å²) >= 11 is 5.51. The van der Waals surface area contributed by atoms with Gasteiger partial charge in [-0.1, -0.05) is 22.0 Å². The third kappa shape index (κ3) is 2.59. The average Bonchev–Trinajstić information content (AvgIpc) is 2.86. The highest BCUT2D eigenvalue weighted by molar-refractivity contribution is 9.10. The Morgan fingerprint density at radius 1 is 1.10 bits per heavy atom. The summed E-state index contributed by atoms with van der Waals surface area (Å²) in [5.74, 6) is 0. The van der Waals surface area contributed by atoms with Crippen LogP contribution >= 0.6 is 27.3 Å². The van der Waals surface area contributed by atoms with Gasteiger partial charge in [0.05, 0.1) is 6.04 Å². The highest BCUT2D eigenvalue weighted by Gasteiger charge is 2.19. The summed E-state index contributed by atoms with van der Waals surface area (Å²) in [5.41, 5.74) is 11.9. The number of rotatable bonds is 2. The molecule has 0 saturated carbocycles. The van der Waals surface area contributed by atoms with Crippen molar-refractivity contribution in [2.75, 3.05) is 0 Å². The van der Waals surface area contributed by atoms with Gasteiger partial charge < -0.3 is 5.73 Å². The fraction of sp³-hybridized carbons (Fsp3) is 0.412. The largest absolute Gasteiger partial charge is 0.320 e. The molecule has 0 spiro atoms. The van der Waals surface area contributed by atoms with Crippen LogP contribution in [0.25, 0.3) is 0 Å². The molecule has 0 saturated heterocycles. The zero-order chi connectivity index (χ0) is 14.3. The van der Waals surface area contributed by atoms with Crippen molar-refractivity contribution in [2.45, 2.75) is 45.6 Å². The first-order valence-corrected chi connectivity index (χ1v) is 8.81. The van der Waals surface area contributed by atoms with Crippen LogP contribution < -0.4 is 5.73 Å². The van der Waals surface area contributed by atoms with Crippen LogP contribution in [0.3, 0.4) is 0 Å². The van der Waals surface area contributed by atoms with Crippen LogP contribution in [0.15, 0.2) is 22.7 Å². The summed E-state index contributed by atoms with van der Waals surface area (Å²) in [6.45, 7) is 4.27. The molecule has 3 rings (SSSR count). The Morgan fingerprint density at radius 2 is 1.85 bits per heavy atom. The van der Waals surface area contributed by atoms with Gasteiger partial charge in [0.25, 0.3) is 0 Å². The fourth-order valence-corrected chi connectivity index (χ4v) is 4.69. The predicted molar refractivity (Wildman–Crippen MR) is 90.6 cm³/mol. The lowest BCUT2D eigenvalue weighted by molar-refractivity contribution is 0.696. The molecule has 3 heteroatoms. The number of halogens is 1. The van der Waals surface area contributed by atoms with Crippen molar-refractivity contribution >= 4 is 27.3 Å². The van der Waals surface area contributed by atoms with Crippen molar-refractivity contribution in [1.29, 1.82) is 0 Å². The van der Waals surface area contributed by atoms with Crippen molar-refractivity contribution in [3.8, 4) is 0 Å². The molecule has 1 aromatic heterocycles. The quantitative estimate of drug-likeness (QED) is 0.805. The van der Waals surface area contributed by atoms with Crippen LogP contribution in [0.4, 0.5) is 0 Å². The molecule has 20 heavy (non-hydrogen) atoms. The Morgan fingerprint density at radius 3 is 2.60 bits per heavy atom. The van der Waals surface area contributed by atoms with E-state index in [0.29, 0.717) is 0 Å². The lowest BCUT2D eigenvalue weighted by Gasteiger charge is -2.15. The molecule has 1 heterocycles.